The Morgan fingerprint density at radius 3 is 2.00 bits per heavy atom. The Kier molecular flexibility index (Phi) is 6.07. The lowest BCUT2D eigenvalue weighted by molar-refractivity contribution is 0.0600. The highest BCUT2D eigenvalue weighted by atomic mass is 31.2. The normalized spacial score (nSPS) is 10.9. The fourth-order valence-electron chi connectivity index (χ4n) is 2.81. The van der Waals surface area contributed by atoms with Gasteiger partial charge in [0.1, 0.15) is 18.4 Å². The van der Waals surface area contributed by atoms with Crippen LogP contribution < -0.4 is 15.3 Å². The van der Waals surface area contributed by atoms with E-state index in [1.54, 1.807) is 24.3 Å². The summed E-state index contributed by atoms with van der Waals surface area (Å²) in [6.07, 6.45) is 0.511. The largest absolute Gasteiger partial charge is 0.485 e. The van der Waals surface area contributed by atoms with Crippen LogP contribution in [0.1, 0.15) is 20.7 Å². The Bertz CT molecular complexity index is 972. The maximum Gasteiger partial charge on any atom is 0.338 e. The van der Waals surface area contributed by atoms with Crippen LogP contribution in [-0.4, -0.2) is 25.7 Å². The molecule has 3 aromatic rings. The molecule has 0 amide bonds. The van der Waals surface area contributed by atoms with Crippen LogP contribution >= 0.6 is 7.14 Å². The molecule has 0 aliphatic carbocycles. The molecule has 0 aliphatic heterocycles. The minimum atomic E-state index is -3.09. The summed E-state index contributed by atoms with van der Waals surface area (Å²) in [6, 6.07) is 22.6. The van der Waals surface area contributed by atoms with Crippen molar-refractivity contribution in [2.45, 2.75) is 0 Å². The summed E-state index contributed by atoms with van der Waals surface area (Å²) in [5, 5.41) is 1.34. The average molecular weight is 394 g/mol. The molecule has 142 valence electrons. The summed E-state index contributed by atoms with van der Waals surface area (Å²) in [6.45, 7) is 0. The van der Waals surface area contributed by atoms with Gasteiger partial charge in [-0.2, -0.15) is 0 Å². The number of ether oxygens (including phenoxy) is 2. The molecule has 0 atom stereocenters. The van der Waals surface area contributed by atoms with Gasteiger partial charge in [-0.25, -0.2) is 4.79 Å². The molecule has 0 spiro atoms. The molecule has 28 heavy (non-hydrogen) atoms. The molecule has 3 rings (SSSR count). The first kappa shape index (κ1) is 19.6. The van der Waals surface area contributed by atoms with Crippen LogP contribution in [-0.2, 0) is 9.30 Å². The zero-order valence-corrected chi connectivity index (χ0v) is 16.2. The van der Waals surface area contributed by atoms with Gasteiger partial charge in [-0.1, -0.05) is 60.7 Å². The van der Waals surface area contributed by atoms with Gasteiger partial charge in [-0.15, -0.1) is 0 Å². The lowest BCUT2D eigenvalue weighted by atomic mass is 10.1. The van der Waals surface area contributed by atoms with E-state index in [1.807, 2.05) is 36.4 Å². The molecule has 0 saturated carbocycles. The fourth-order valence-corrected chi connectivity index (χ4v) is 5.04. The van der Waals surface area contributed by atoms with Gasteiger partial charge in [0.25, 0.3) is 0 Å². The van der Waals surface area contributed by atoms with Gasteiger partial charge in [-0.05, 0) is 18.2 Å². The van der Waals surface area contributed by atoms with Crippen molar-refractivity contribution in [2.24, 2.45) is 0 Å². The van der Waals surface area contributed by atoms with Crippen LogP contribution in [0.25, 0.3) is 0 Å². The van der Waals surface area contributed by atoms with Crippen LogP contribution in [0.4, 0.5) is 0 Å². The SMILES string of the molecule is COC(=O)c1cc(C=O)cc(OCP(=O)(c2ccccc2)c2ccccc2)c1. The predicted molar refractivity (Wildman–Crippen MR) is 108 cm³/mol. The molecule has 0 heterocycles. The van der Waals surface area contributed by atoms with E-state index >= 15 is 0 Å². The summed E-state index contributed by atoms with van der Waals surface area (Å²) in [5.74, 6) is -0.306. The number of esters is 1. The number of carbonyl (C=O) groups is 2. The van der Waals surface area contributed by atoms with E-state index in [4.69, 9.17) is 9.47 Å². The zero-order chi connectivity index (χ0) is 20.0. The summed E-state index contributed by atoms with van der Waals surface area (Å²) >= 11 is 0. The van der Waals surface area contributed by atoms with Gasteiger partial charge in [0, 0.05) is 16.2 Å². The minimum Gasteiger partial charge on any atom is -0.485 e. The number of benzene rings is 3. The van der Waals surface area contributed by atoms with E-state index in [1.165, 1.54) is 25.3 Å². The Balaban J connectivity index is 1.97. The zero-order valence-electron chi connectivity index (χ0n) is 15.3. The molecule has 0 aliphatic rings. The first-order chi connectivity index (χ1) is 13.6. The van der Waals surface area contributed by atoms with E-state index in [0.717, 1.165) is 0 Å². The minimum absolute atomic E-state index is 0.107. The quantitative estimate of drug-likeness (QED) is 0.348. The molecule has 5 nitrogen and oxygen atoms in total. The third kappa shape index (κ3) is 4.21. The van der Waals surface area contributed by atoms with Crippen molar-refractivity contribution in [3.05, 3.63) is 90.0 Å². The van der Waals surface area contributed by atoms with Gasteiger partial charge in [0.05, 0.1) is 12.7 Å². The number of hydrogen-bond acceptors (Lipinski definition) is 5. The Morgan fingerprint density at radius 1 is 0.929 bits per heavy atom. The van der Waals surface area contributed by atoms with E-state index in [-0.39, 0.29) is 23.2 Å². The Labute approximate surface area is 163 Å². The second-order valence-corrected chi connectivity index (χ2v) is 8.85. The van der Waals surface area contributed by atoms with E-state index in [2.05, 4.69) is 0 Å². The van der Waals surface area contributed by atoms with Crippen molar-refractivity contribution in [2.75, 3.05) is 13.5 Å². The van der Waals surface area contributed by atoms with Gasteiger partial charge in [0.2, 0.25) is 0 Å². The van der Waals surface area contributed by atoms with Crippen molar-refractivity contribution in [3.63, 3.8) is 0 Å². The van der Waals surface area contributed by atoms with Crippen molar-refractivity contribution < 1.29 is 23.6 Å². The van der Waals surface area contributed by atoms with Crippen LogP contribution in [0.5, 0.6) is 5.75 Å². The van der Waals surface area contributed by atoms with E-state index < -0.39 is 13.1 Å². The molecule has 0 aromatic heterocycles. The van der Waals surface area contributed by atoms with Gasteiger partial charge < -0.3 is 14.0 Å². The third-order valence-electron chi connectivity index (χ3n) is 4.25. The number of rotatable bonds is 7. The molecule has 0 N–H and O–H groups in total. The Morgan fingerprint density at radius 2 is 1.50 bits per heavy atom. The monoisotopic (exact) mass is 394 g/mol. The molecule has 0 fully saturated rings. The van der Waals surface area contributed by atoms with E-state index in [9.17, 15) is 14.2 Å². The van der Waals surface area contributed by atoms with Crippen molar-refractivity contribution >= 4 is 30.0 Å². The number of aldehydes is 1. The second kappa shape index (κ2) is 8.68. The highest BCUT2D eigenvalue weighted by Gasteiger charge is 2.28. The number of carbonyl (C=O) groups excluding carboxylic acids is 2. The summed E-state index contributed by atoms with van der Waals surface area (Å²) in [4.78, 5) is 23.0. The molecule has 6 heteroatoms. The molecule has 3 aromatic carbocycles. The average Bonchev–Trinajstić information content (AvgIpc) is 2.77. The summed E-state index contributed by atoms with van der Waals surface area (Å²) < 4.78 is 24.5. The lowest BCUT2D eigenvalue weighted by Gasteiger charge is -2.20. The van der Waals surface area contributed by atoms with Crippen molar-refractivity contribution in [1.82, 2.24) is 0 Å². The lowest BCUT2D eigenvalue weighted by Crippen LogP contribution is -2.21. The van der Waals surface area contributed by atoms with Gasteiger partial charge in [0.15, 0.2) is 7.14 Å². The fraction of sp³-hybridized carbons (Fsp3) is 0.0909. The first-order valence-electron chi connectivity index (χ1n) is 8.58. The summed E-state index contributed by atoms with van der Waals surface area (Å²) in [7, 11) is -1.83. The molecule has 0 bridgehead atoms. The number of hydrogen-bond donors (Lipinski definition) is 0. The molecular formula is C22H19O5P. The number of methoxy groups -OCH3 is 1. The van der Waals surface area contributed by atoms with Gasteiger partial charge in [-0.3, -0.25) is 4.79 Å². The van der Waals surface area contributed by atoms with Crippen LogP contribution in [0.15, 0.2) is 78.9 Å². The maximum absolute atomic E-state index is 13.9. The maximum atomic E-state index is 13.9. The van der Waals surface area contributed by atoms with Crippen LogP contribution in [0.2, 0.25) is 0 Å². The first-order valence-corrected chi connectivity index (χ1v) is 10.5. The molecule has 0 saturated heterocycles. The van der Waals surface area contributed by atoms with Crippen LogP contribution in [0.3, 0.4) is 0 Å². The topological polar surface area (TPSA) is 69.7 Å². The highest BCUT2D eigenvalue weighted by molar-refractivity contribution is 7.78. The Hall–Kier alpha value is -3.17. The smallest absolute Gasteiger partial charge is 0.338 e. The molecule has 0 radical (unpaired) electrons. The second-order valence-electron chi connectivity index (χ2n) is 6.08. The third-order valence-corrected chi connectivity index (χ3v) is 7.00. The summed E-state index contributed by atoms with van der Waals surface area (Å²) in [5.41, 5.74) is 0.462. The van der Waals surface area contributed by atoms with Gasteiger partial charge >= 0.3 is 5.97 Å². The molecular weight excluding hydrogens is 375 g/mol. The molecule has 0 unspecified atom stereocenters. The highest BCUT2D eigenvalue weighted by Crippen LogP contribution is 2.43. The van der Waals surface area contributed by atoms with Crippen molar-refractivity contribution in [1.29, 1.82) is 0 Å². The standard InChI is InChI=1S/C22H19O5P/c1-26-22(24)18-12-17(15-23)13-19(14-18)27-16-28(25,20-8-4-2-5-9-20)21-10-6-3-7-11-21/h2-15H,16H2,1H3. The van der Waals surface area contributed by atoms with E-state index in [0.29, 0.717) is 16.9 Å². The predicted octanol–water partition coefficient (Wildman–Crippen LogP) is 3.64. The van der Waals surface area contributed by atoms with Crippen LogP contribution in [0, 0.1) is 0 Å². The van der Waals surface area contributed by atoms with Crippen molar-refractivity contribution in [3.8, 4) is 5.75 Å².